The molecule has 0 saturated carbocycles. The number of amides is 1. The van der Waals surface area contributed by atoms with Crippen LogP contribution in [0.4, 0.5) is 5.69 Å². The number of thiophene rings is 1. The highest BCUT2D eigenvalue weighted by atomic mass is 35.5. The third-order valence-electron chi connectivity index (χ3n) is 5.18. The Labute approximate surface area is 189 Å². The van der Waals surface area contributed by atoms with Crippen molar-refractivity contribution in [2.45, 2.75) is 19.9 Å². The number of carbonyl (C=O) groups is 2. The van der Waals surface area contributed by atoms with E-state index >= 15 is 0 Å². The number of anilines is 1. The van der Waals surface area contributed by atoms with Crippen LogP contribution in [0.5, 0.6) is 5.75 Å². The van der Waals surface area contributed by atoms with Crippen molar-refractivity contribution in [2.24, 2.45) is 0 Å². The molecule has 1 unspecified atom stereocenters. The average molecular weight is 454 g/mol. The molecule has 2 aromatic carbocycles. The predicted octanol–water partition coefficient (Wildman–Crippen LogP) is 5.65. The highest BCUT2D eigenvalue weighted by molar-refractivity contribution is 7.10. The van der Waals surface area contributed by atoms with Gasteiger partial charge in [-0.3, -0.25) is 14.5 Å². The van der Waals surface area contributed by atoms with Gasteiger partial charge in [0.1, 0.15) is 17.6 Å². The molecule has 1 aliphatic rings. The molecule has 1 aromatic heterocycles. The van der Waals surface area contributed by atoms with Gasteiger partial charge in [0, 0.05) is 10.6 Å². The van der Waals surface area contributed by atoms with Gasteiger partial charge in [0.2, 0.25) is 0 Å². The zero-order valence-corrected chi connectivity index (χ0v) is 18.8. The number of Topliss-reactive ketones (excluding diaryl/α,β-unsaturated/α-hetero) is 1. The van der Waals surface area contributed by atoms with Crippen molar-refractivity contribution < 1.29 is 19.4 Å². The third-order valence-corrected chi connectivity index (χ3v) is 6.39. The fraction of sp³-hybridized carbons (Fsp3) is 0.167. The second-order valence-corrected chi connectivity index (χ2v) is 8.74. The highest BCUT2D eigenvalue weighted by Crippen LogP contribution is 2.45. The fourth-order valence-electron chi connectivity index (χ4n) is 3.85. The smallest absolute Gasteiger partial charge is 0.300 e. The first-order chi connectivity index (χ1) is 14.8. The maximum absolute atomic E-state index is 13.2. The minimum atomic E-state index is -0.759. The van der Waals surface area contributed by atoms with Crippen LogP contribution in [0, 0.1) is 13.8 Å². The molecule has 31 heavy (non-hydrogen) atoms. The average Bonchev–Trinajstić information content (AvgIpc) is 3.34. The van der Waals surface area contributed by atoms with Crippen LogP contribution in [0.1, 0.15) is 27.6 Å². The molecule has 1 N–H and O–H groups in total. The third kappa shape index (κ3) is 3.62. The van der Waals surface area contributed by atoms with E-state index in [9.17, 15) is 14.7 Å². The molecule has 0 aliphatic carbocycles. The van der Waals surface area contributed by atoms with Crippen molar-refractivity contribution in [1.82, 2.24) is 0 Å². The van der Waals surface area contributed by atoms with Gasteiger partial charge in [-0.15, -0.1) is 11.3 Å². The van der Waals surface area contributed by atoms with Crippen LogP contribution in [0.15, 0.2) is 59.5 Å². The zero-order valence-electron chi connectivity index (χ0n) is 17.2. The predicted molar refractivity (Wildman–Crippen MR) is 123 cm³/mol. The number of carbonyl (C=O) groups excluding carboxylic acids is 2. The Morgan fingerprint density at radius 1 is 1.10 bits per heavy atom. The number of halogens is 1. The van der Waals surface area contributed by atoms with E-state index in [0.29, 0.717) is 10.7 Å². The van der Waals surface area contributed by atoms with Crippen molar-refractivity contribution in [1.29, 1.82) is 0 Å². The molecular formula is C24H20ClNO4S. The maximum Gasteiger partial charge on any atom is 0.300 e. The molecule has 1 amide bonds. The lowest BCUT2D eigenvalue weighted by molar-refractivity contribution is -0.132. The van der Waals surface area contributed by atoms with Gasteiger partial charge in [0.15, 0.2) is 0 Å². The van der Waals surface area contributed by atoms with Crippen LogP contribution < -0.4 is 9.64 Å². The van der Waals surface area contributed by atoms with E-state index in [1.165, 1.54) is 23.3 Å². The Hall–Kier alpha value is -3.09. The normalized spacial score (nSPS) is 17.9. The summed E-state index contributed by atoms with van der Waals surface area (Å²) in [6.45, 7) is 3.74. The molecule has 1 aliphatic heterocycles. The molecule has 3 aromatic rings. The number of aliphatic hydroxyl groups excluding tert-OH is 1. The first-order valence-electron chi connectivity index (χ1n) is 9.59. The molecule has 2 heterocycles. The van der Waals surface area contributed by atoms with Crippen molar-refractivity contribution in [3.8, 4) is 5.75 Å². The Bertz CT molecular complexity index is 1220. The number of aliphatic hydroxyl groups is 1. The molecular weight excluding hydrogens is 434 g/mol. The first-order valence-corrected chi connectivity index (χ1v) is 10.8. The summed E-state index contributed by atoms with van der Waals surface area (Å²) in [4.78, 5) is 28.5. The zero-order chi connectivity index (χ0) is 22.3. The number of methoxy groups -OCH3 is 1. The van der Waals surface area contributed by atoms with Gasteiger partial charge in [-0.1, -0.05) is 29.8 Å². The molecule has 1 fully saturated rings. The second-order valence-electron chi connectivity index (χ2n) is 7.35. The van der Waals surface area contributed by atoms with Gasteiger partial charge < -0.3 is 9.84 Å². The van der Waals surface area contributed by atoms with E-state index in [2.05, 4.69) is 0 Å². The summed E-state index contributed by atoms with van der Waals surface area (Å²) in [7, 11) is 1.44. The Morgan fingerprint density at radius 3 is 2.52 bits per heavy atom. The summed E-state index contributed by atoms with van der Waals surface area (Å²) >= 11 is 7.72. The van der Waals surface area contributed by atoms with Gasteiger partial charge in [-0.05, 0) is 60.7 Å². The van der Waals surface area contributed by atoms with Gasteiger partial charge in [-0.25, -0.2) is 0 Å². The fourth-order valence-corrected chi connectivity index (χ4v) is 5.02. The monoisotopic (exact) mass is 453 g/mol. The molecule has 0 radical (unpaired) electrons. The van der Waals surface area contributed by atoms with Gasteiger partial charge >= 0.3 is 0 Å². The molecule has 1 saturated heterocycles. The van der Waals surface area contributed by atoms with E-state index in [0.717, 1.165) is 16.0 Å². The number of ketones is 1. The molecule has 0 spiro atoms. The van der Waals surface area contributed by atoms with Crippen LogP contribution in [0.2, 0.25) is 5.02 Å². The lowest BCUT2D eigenvalue weighted by Crippen LogP contribution is -2.29. The number of rotatable bonds is 4. The summed E-state index contributed by atoms with van der Waals surface area (Å²) in [6.07, 6.45) is 0. The van der Waals surface area contributed by atoms with E-state index in [-0.39, 0.29) is 22.6 Å². The Morgan fingerprint density at radius 2 is 1.87 bits per heavy atom. The van der Waals surface area contributed by atoms with Crippen molar-refractivity contribution >= 4 is 46.1 Å². The summed E-state index contributed by atoms with van der Waals surface area (Å²) in [5.74, 6) is -1.51. The number of nitrogens with zero attached hydrogens (tertiary/aromatic N) is 1. The van der Waals surface area contributed by atoms with Crippen LogP contribution in [0.25, 0.3) is 5.76 Å². The van der Waals surface area contributed by atoms with E-state index in [1.54, 1.807) is 18.2 Å². The number of aryl methyl sites for hydroxylation is 2. The summed E-state index contributed by atoms with van der Waals surface area (Å²) in [5, 5.41) is 13.5. The molecule has 4 rings (SSSR count). The van der Waals surface area contributed by atoms with Crippen molar-refractivity contribution in [3.05, 3.63) is 86.1 Å². The van der Waals surface area contributed by atoms with Crippen molar-refractivity contribution in [3.63, 3.8) is 0 Å². The van der Waals surface area contributed by atoms with Crippen LogP contribution in [-0.2, 0) is 9.59 Å². The lowest BCUT2D eigenvalue weighted by Gasteiger charge is -2.24. The minimum absolute atomic E-state index is 0.00826. The van der Waals surface area contributed by atoms with Crippen LogP contribution in [-0.4, -0.2) is 23.9 Å². The molecule has 5 nitrogen and oxygen atoms in total. The van der Waals surface area contributed by atoms with Gasteiger partial charge in [0.05, 0.1) is 23.3 Å². The summed E-state index contributed by atoms with van der Waals surface area (Å²) < 4.78 is 5.39. The second kappa shape index (κ2) is 8.21. The first kappa shape index (κ1) is 21.2. The van der Waals surface area contributed by atoms with E-state index in [1.807, 2.05) is 49.6 Å². The van der Waals surface area contributed by atoms with Crippen molar-refractivity contribution in [2.75, 3.05) is 12.0 Å². The minimum Gasteiger partial charge on any atom is -0.507 e. The molecule has 158 valence electrons. The summed E-state index contributed by atoms with van der Waals surface area (Å²) in [6, 6.07) is 13.7. The van der Waals surface area contributed by atoms with E-state index < -0.39 is 17.7 Å². The topological polar surface area (TPSA) is 66.8 Å². The van der Waals surface area contributed by atoms with Gasteiger partial charge in [0.25, 0.3) is 11.7 Å². The molecule has 0 bridgehead atoms. The Balaban J connectivity index is 1.99. The van der Waals surface area contributed by atoms with Gasteiger partial charge in [-0.2, -0.15) is 0 Å². The largest absolute Gasteiger partial charge is 0.507 e. The van der Waals surface area contributed by atoms with E-state index in [4.69, 9.17) is 16.3 Å². The number of ether oxygens (including phenoxy) is 1. The highest BCUT2D eigenvalue weighted by Gasteiger charge is 2.47. The summed E-state index contributed by atoms with van der Waals surface area (Å²) in [5.41, 5.74) is 2.61. The maximum atomic E-state index is 13.2. The number of hydrogen-bond donors (Lipinski definition) is 1. The quantitative estimate of drug-likeness (QED) is 0.315. The lowest BCUT2D eigenvalue weighted by atomic mass is 9.98. The Kier molecular flexibility index (Phi) is 5.60. The number of benzene rings is 2. The SMILES string of the molecule is COc1c(Cl)cc(C)cc1/C(O)=C1/C(=O)C(=O)N(c2cccc(C)c2)C1c1cccs1. The number of hydrogen-bond acceptors (Lipinski definition) is 5. The van der Waals surface area contributed by atoms with Crippen LogP contribution in [0.3, 0.4) is 0 Å². The molecule has 7 heteroatoms. The van der Waals surface area contributed by atoms with Crippen LogP contribution >= 0.6 is 22.9 Å². The standard InChI is InChI=1S/C24H20ClNO4S/c1-13-6-4-7-15(10-13)26-20(18-8-5-9-31-18)19(22(28)24(26)29)21(27)16-11-14(2)12-17(25)23(16)30-3/h4-12,20,27H,1-3H3/b21-19-. The molecule has 1 atom stereocenters.